The van der Waals surface area contributed by atoms with Crippen molar-refractivity contribution in [1.29, 1.82) is 0 Å². The van der Waals surface area contributed by atoms with Gasteiger partial charge in [-0.25, -0.2) is 0 Å². The zero-order valence-electron chi connectivity index (χ0n) is 14.4. The summed E-state index contributed by atoms with van der Waals surface area (Å²) in [5.41, 5.74) is -0.778. The van der Waals surface area contributed by atoms with Gasteiger partial charge in [0.1, 0.15) is 0 Å². The molecule has 4 aliphatic rings. The molecular weight excluding hydrogens is 288 g/mol. The lowest BCUT2D eigenvalue weighted by molar-refractivity contribution is -0.166. The fraction of sp³-hybridized carbons (Fsp3) is 0.850. The first-order chi connectivity index (χ1) is 10.8. The summed E-state index contributed by atoms with van der Waals surface area (Å²) in [7, 11) is 0. The number of hydrogen-bond donors (Lipinski definition) is 2. The molecule has 128 valence electrons. The van der Waals surface area contributed by atoms with Crippen LogP contribution in [0.15, 0.2) is 12.2 Å². The van der Waals surface area contributed by atoms with Crippen LogP contribution in [0.1, 0.15) is 58.8 Å². The van der Waals surface area contributed by atoms with Crippen LogP contribution in [0.2, 0.25) is 0 Å². The van der Waals surface area contributed by atoms with E-state index < -0.39 is 5.60 Å². The molecule has 0 amide bonds. The highest BCUT2D eigenvalue weighted by Gasteiger charge is 2.61. The normalized spacial score (nSPS) is 55.2. The Morgan fingerprint density at radius 1 is 1.17 bits per heavy atom. The molecule has 4 rings (SSSR count). The van der Waals surface area contributed by atoms with Gasteiger partial charge in [-0.15, -0.1) is 0 Å². The Morgan fingerprint density at radius 3 is 2.70 bits per heavy atom. The predicted molar refractivity (Wildman–Crippen MR) is 88.7 cm³/mol. The van der Waals surface area contributed by atoms with E-state index in [0.717, 1.165) is 44.9 Å². The topological polar surface area (TPSA) is 57.5 Å². The number of carbonyl (C=O) groups is 1. The van der Waals surface area contributed by atoms with E-state index in [1.807, 2.05) is 13.0 Å². The summed E-state index contributed by atoms with van der Waals surface area (Å²) in [5, 5.41) is 20.9. The minimum atomic E-state index is -0.567. The van der Waals surface area contributed by atoms with Gasteiger partial charge < -0.3 is 10.2 Å². The SMILES string of the molecule is C[C@@]1(O)CC[C@@]2(CO)[C@H](CC[C@@H]3[C@@H]2CC[C@]2(C)C(=O)C=C[C@@H]32)C1. The molecule has 7 atom stereocenters. The fourth-order valence-electron chi connectivity index (χ4n) is 6.82. The number of hydrogen-bond acceptors (Lipinski definition) is 3. The molecule has 0 saturated heterocycles. The van der Waals surface area contributed by atoms with Gasteiger partial charge in [-0.3, -0.25) is 4.79 Å². The Labute approximate surface area is 139 Å². The smallest absolute Gasteiger partial charge is 0.161 e. The van der Waals surface area contributed by atoms with Crippen LogP contribution in [-0.4, -0.2) is 28.2 Å². The van der Waals surface area contributed by atoms with Crippen LogP contribution in [0.5, 0.6) is 0 Å². The molecule has 0 radical (unpaired) electrons. The van der Waals surface area contributed by atoms with Crippen molar-refractivity contribution in [3.63, 3.8) is 0 Å². The van der Waals surface area contributed by atoms with Crippen molar-refractivity contribution in [2.75, 3.05) is 6.61 Å². The van der Waals surface area contributed by atoms with E-state index in [2.05, 4.69) is 13.0 Å². The van der Waals surface area contributed by atoms with Gasteiger partial charge in [0.2, 0.25) is 0 Å². The second-order valence-electron chi connectivity index (χ2n) is 9.34. The number of rotatable bonds is 1. The molecule has 4 aliphatic carbocycles. The van der Waals surface area contributed by atoms with Gasteiger partial charge in [0.05, 0.1) is 5.60 Å². The van der Waals surface area contributed by atoms with Crippen molar-refractivity contribution < 1.29 is 15.0 Å². The largest absolute Gasteiger partial charge is 0.396 e. The lowest BCUT2D eigenvalue weighted by Gasteiger charge is -2.61. The van der Waals surface area contributed by atoms with Gasteiger partial charge in [0.25, 0.3) is 0 Å². The van der Waals surface area contributed by atoms with Crippen LogP contribution in [0.3, 0.4) is 0 Å². The van der Waals surface area contributed by atoms with E-state index in [4.69, 9.17) is 0 Å². The number of fused-ring (bicyclic) bond motifs is 5. The number of aliphatic hydroxyl groups excluding tert-OH is 1. The van der Waals surface area contributed by atoms with Crippen molar-refractivity contribution in [3.05, 3.63) is 12.2 Å². The number of aliphatic hydroxyl groups is 2. The standard InChI is InChI=1S/C20H30O3/c1-18(23)9-10-20(12-21)13(11-18)3-4-14-15-5-6-17(22)19(15,2)8-7-16(14)20/h5-6,13-16,21,23H,3-4,7-12H2,1-2H3/t13-,14+,15+,16+,18-,19+,20-/m1/s1. The third-order valence-electron chi connectivity index (χ3n) is 8.22. The van der Waals surface area contributed by atoms with E-state index in [1.54, 1.807) is 0 Å². The van der Waals surface area contributed by atoms with E-state index in [-0.39, 0.29) is 17.4 Å². The van der Waals surface area contributed by atoms with E-state index >= 15 is 0 Å². The monoisotopic (exact) mass is 318 g/mol. The summed E-state index contributed by atoms with van der Waals surface area (Å²) in [6.45, 7) is 4.35. The lowest BCUT2D eigenvalue weighted by atomic mass is 9.44. The summed E-state index contributed by atoms with van der Waals surface area (Å²) in [4.78, 5) is 12.4. The molecule has 3 nitrogen and oxygen atoms in total. The molecule has 0 heterocycles. The zero-order valence-corrected chi connectivity index (χ0v) is 14.4. The van der Waals surface area contributed by atoms with Crippen molar-refractivity contribution in [2.24, 2.45) is 34.5 Å². The highest BCUT2D eigenvalue weighted by molar-refractivity contribution is 5.97. The lowest BCUT2D eigenvalue weighted by Crippen LogP contribution is -2.58. The third-order valence-corrected chi connectivity index (χ3v) is 8.22. The summed E-state index contributed by atoms with van der Waals surface area (Å²) in [6.07, 6.45) is 10.8. The van der Waals surface area contributed by atoms with Gasteiger partial charge >= 0.3 is 0 Å². The second-order valence-corrected chi connectivity index (χ2v) is 9.34. The summed E-state index contributed by atoms with van der Waals surface area (Å²) >= 11 is 0. The first-order valence-corrected chi connectivity index (χ1v) is 9.38. The molecule has 0 aromatic rings. The Balaban J connectivity index is 1.67. The van der Waals surface area contributed by atoms with E-state index in [0.29, 0.717) is 29.5 Å². The van der Waals surface area contributed by atoms with Gasteiger partial charge in [-0.05, 0) is 87.0 Å². The quantitative estimate of drug-likeness (QED) is 0.781. The van der Waals surface area contributed by atoms with Crippen molar-refractivity contribution in [3.8, 4) is 0 Å². The van der Waals surface area contributed by atoms with E-state index in [1.165, 1.54) is 0 Å². The Bertz CT molecular complexity index is 551. The predicted octanol–water partition coefficient (Wildman–Crippen LogP) is 3.10. The summed E-state index contributed by atoms with van der Waals surface area (Å²) in [5.74, 6) is 2.15. The molecule has 0 aromatic heterocycles. The molecular formula is C20H30O3. The Hall–Kier alpha value is -0.670. The van der Waals surface area contributed by atoms with Crippen LogP contribution >= 0.6 is 0 Å². The van der Waals surface area contributed by atoms with Gasteiger partial charge in [-0.1, -0.05) is 13.0 Å². The molecule has 2 N–H and O–H groups in total. The van der Waals surface area contributed by atoms with E-state index in [9.17, 15) is 15.0 Å². The molecule has 3 saturated carbocycles. The van der Waals surface area contributed by atoms with Crippen LogP contribution < -0.4 is 0 Å². The number of carbonyl (C=O) groups excluding carboxylic acids is 1. The summed E-state index contributed by atoms with van der Waals surface area (Å²) < 4.78 is 0. The van der Waals surface area contributed by atoms with Crippen LogP contribution in [0, 0.1) is 34.5 Å². The first-order valence-electron chi connectivity index (χ1n) is 9.38. The van der Waals surface area contributed by atoms with Crippen LogP contribution in [0.4, 0.5) is 0 Å². The molecule has 0 unspecified atom stereocenters. The van der Waals surface area contributed by atoms with Gasteiger partial charge in [-0.2, -0.15) is 0 Å². The minimum absolute atomic E-state index is 0.0219. The highest BCUT2D eigenvalue weighted by atomic mass is 16.3. The minimum Gasteiger partial charge on any atom is -0.396 e. The van der Waals surface area contributed by atoms with Crippen LogP contribution in [0.25, 0.3) is 0 Å². The average molecular weight is 318 g/mol. The number of ketones is 1. The fourth-order valence-corrected chi connectivity index (χ4v) is 6.82. The molecule has 0 bridgehead atoms. The van der Waals surface area contributed by atoms with Crippen LogP contribution in [-0.2, 0) is 4.79 Å². The molecule has 0 aromatic carbocycles. The molecule has 0 spiro atoms. The van der Waals surface area contributed by atoms with Crippen molar-refractivity contribution in [2.45, 2.75) is 64.4 Å². The second kappa shape index (κ2) is 4.92. The van der Waals surface area contributed by atoms with Crippen molar-refractivity contribution >= 4 is 5.78 Å². The molecule has 3 fully saturated rings. The average Bonchev–Trinajstić information content (AvgIpc) is 2.82. The van der Waals surface area contributed by atoms with Crippen molar-refractivity contribution in [1.82, 2.24) is 0 Å². The Morgan fingerprint density at radius 2 is 1.96 bits per heavy atom. The van der Waals surface area contributed by atoms with Gasteiger partial charge in [0, 0.05) is 12.0 Å². The number of allylic oxidation sites excluding steroid dienone is 2. The maximum atomic E-state index is 12.4. The maximum Gasteiger partial charge on any atom is 0.161 e. The maximum absolute atomic E-state index is 12.4. The third kappa shape index (κ3) is 2.05. The summed E-state index contributed by atoms with van der Waals surface area (Å²) in [6, 6.07) is 0. The first kappa shape index (κ1) is 15.8. The zero-order chi connectivity index (χ0) is 16.5. The molecule has 23 heavy (non-hydrogen) atoms. The van der Waals surface area contributed by atoms with Gasteiger partial charge in [0.15, 0.2) is 5.78 Å². The highest BCUT2D eigenvalue weighted by Crippen LogP contribution is 2.65. The Kier molecular flexibility index (Phi) is 3.39. The molecule has 0 aliphatic heterocycles. The molecule has 3 heteroatoms.